The maximum Gasteiger partial charge on any atom is 0.274 e. The Bertz CT molecular complexity index is 574. The van der Waals surface area contributed by atoms with Crippen LogP contribution in [0.1, 0.15) is 38.4 Å². The molecule has 7 heteroatoms. The highest BCUT2D eigenvalue weighted by Gasteiger charge is 2.28. The van der Waals surface area contributed by atoms with Crippen LogP contribution in [0.15, 0.2) is 21.6 Å². The van der Waals surface area contributed by atoms with Crippen molar-refractivity contribution in [2.75, 3.05) is 6.61 Å². The molecule has 0 spiro atoms. The van der Waals surface area contributed by atoms with Crippen LogP contribution in [0.25, 0.3) is 0 Å². The molecule has 3 rings (SSSR count). The molecule has 2 atom stereocenters. The van der Waals surface area contributed by atoms with E-state index in [9.17, 15) is 8.42 Å². The highest BCUT2D eigenvalue weighted by Crippen LogP contribution is 2.21. The van der Waals surface area contributed by atoms with Gasteiger partial charge in [0.05, 0.1) is 12.6 Å². The summed E-state index contributed by atoms with van der Waals surface area (Å²) in [5, 5.41) is 3.27. The Labute approximate surface area is 125 Å². The van der Waals surface area contributed by atoms with Crippen LogP contribution in [-0.4, -0.2) is 33.2 Å². The van der Waals surface area contributed by atoms with E-state index in [1.165, 1.54) is 18.9 Å². The number of rotatable bonds is 7. The molecule has 2 aliphatic rings. The number of furan rings is 1. The van der Waals surface area contributed by atoms with Crippen molar-refractivity contribution in [1.29, 1.82) is 0 Å². The van der Waals surface area contributed by atoms with Crippen LogP contribution in [0.5, 0.6) is 0 Å². The normalized spacial score (nSPS) is 24.3. The van der Waals surface area contributed by atoms with Gasteiger partial charge in [-0.2, -0.15) is 0 Å². The highest BCUT2D eigenvalue weighted by molar-refractivity contribution is 7.89. The third-order valence-corrected chi connectivity index (χ3v) is 5.34. The van der Waals surface area contributed by atoms with Crippen LogP contribution in [-0.2, 0) is 21.3 Å². The Balaban J connectivity index is 1.60. The third-order valence-electron chi connectivity index (χ3n) is 3.91. The lowest BCUT2D eigenvalue weighted by molar-refractivity contribution is 0.0901. The summed E-state index contributed by atoms with van der Waals surface area (Å²) in [5.74, 6) is 0.645. The van der Waals surface area contributed by atoms with E-state index in [0.29, 0.717) is 25.0 Å². The summed E-state index contributed by atoms with van der Waals surface area (Å²) in [7, 11) is -3.62. The van der Waals surface area contributed by atoms with Gasteiger partial charge in [0.2, 0.25) is 5.09 Å². The number of ether oxygens (including phenoxy) is 1. The minimum absolute atomic E-state index is 0.0278. The molecule has 2 unspecified atom stereocenters. The summed E-state index contributed by atoms with van der Waals surface area (Å²) < 4.78 is 38.1. The standard InChI is InChI=1S/C14H22N2O4S/c1-10(13-3-2-8-19-13)16-21(17,18)14-7-6-12(20-14)9-15-11-4-5-11/h6-7,10-11,13,15-16H,2-5,8-9H2,1H3. The molecular weight excluding hydrogens is 292 g/mol. The summed E-state index contributed by atoms with van der Waals surface area (Å²) in [4.78, 5) is 0. The first-order valence-corrected chi connectivity index (χ1v) is 8.99. The molecule has 1 aliphatic heterocycles. The molecule has 0 aromatic carbocycles. The Hall–Kier alpha value is -0.890. The lowest BCUT2D eigenvalue weighted by Crippen LogP contribution is -2.40. The molecular formula is C14H22N2O4S. The Morgan fingerprint density at radius 2 is 2.14 bits per heavy atom. The zero-order chi connectivity index (χ0) is 14.9. The summed E-state index contributed by atoms with van der Waals surface area (Å²) in [5.41, 5.74) is 0. The Kier molecular flexibility index (Phi) is 4.35. The number of hydrogen-bond donors (Lipinski definition) is 2. The summed E-state index contributed by atoms with van der Waals surface area (Å²) >= 11 is 0. The Morgan fingerprint density at radius 3 is 2.81 bits per heavy atom. The van der Waals surface area contributed by atoms with E-state index in [0.717, 1.165) is 12.8 Å². The topological polar surface area (TPSA) is 80.6 Å². The van der Waals surface area contributed by atoms with Crippen molar-refractivity contribution in [2.45, 2.75) is 62.4 Å². The molecule has 0 amide bonds. The minimum Gasteiger partial charge on any atom is -0.447 e. The predicted octanol–water partition coefficient (Wildman–Crippen LogP) is 1.38. The molecule has 2 heterocycles. The van der Waals surface area contributed by atoms with Gasteiger partial charge >= 0.3 is 0 Å². The first-order chi connectivity index (χ1) is 10.0. The molecule has 0 bridgehead atoms. The van der Waals surface area contributed by atoms with Gasteiger partial charge in [-0.05, 0) is 44.7 Å². The molecule has 118 valence electrons. The molecule has 1 saturated carbocycles. The summed E-state index contributed by atoms with van der Waals surface area (Å²) in [6, 6.07) is 3.53. The number of sulfonamides is 1. The monoisotopic (exact) mass is 314 g/mol. The van der Waals surface area contributed by atoms with Crippen molar-refractivity contribution in [3.63, 3.8) is 0 Å². The fraction of sp³-hybridized carbons (Fsp3) is 0.714. The van der Waals surface area contributed by atoms with Gasteiger partial charge in [0.15, 0.2) is 0 Å². The first kappa shape index (κ1) is 15.0. The van der Waals surface area contributed by atoms with Crippen molar-refractivity contribution in [1.82, 2.24) is 10.0 Å². The predicted molar refractivity (Wildman–Crippen MR) is 77.3 cm³/mol. The molecule has 6 nitrogen and oxygen atoms in total. The maximum atomic E-state index is 12.3. The van der Waals surface area contributed by atoms with Crippen LogP contribution < -0.4 is 10.0 Å². The number of hydrogen-bond acceptors (Lipinski definition) is 5. The van der Waals surface area contributed by atoms with Crippen molar-refractivity contribution >= 4 is 10.0 Å². The molecule has 1 aromatic heterocycles. The fourth-order valence-electron chi connectivity index (χ4n) is 2.51. The second-order valence-electron chi connectivity index (χ2n) is 5.84. The van der Waals surface area contributed by atoms with Crippen LogP contribution in [0.4, 0.5) is 0 Å². The number of nitrogens with one attached hydrogen (secondary N) is 2. The van der Waals surface area contributed by atoms with Crippen molar-refractivity contribution in [3.05, 3.63) is 17.9 Å². The second-order valence-corrected chi connectivity index (χ2v) is 7.48. The molecule has 0 radical (unpaired) electrons. The molecule has 21 heavy (non-hydrogen) atoms. The van der Waals surface area contributed by atoms with Crippen LogP contribution in [0, 0.1) is 0 Å². The zero-order valence-corrected chi connectivity index (χ0v) is 13.0. The minimum atomic E-state index is -3.62. The average Bonchev–Trinajstić information content (AvgIpc) is 2.96. The quantitative estimate of drug-likeness (QED) is 0.794. The van der Waals surface area contributed by atoms with Gasteiger partial charge < -0.3 is 14.5 Å². The largest absolute Gasteiger partial charge is 0.447 e. The smallest absolute Gasteiger partial charge is 0.274 e. The Morgan fingerprint density at radius 1 is 1.33 bits per heavy atom. The fourth-order valence-corrected chi connectivity index (χ4v) is 3.73. The van der Waals surface area contributed by atoms with E-state index < -0.39 is 10.0 Å². The van der Waals surface area contributed by atoms with Gasteiger partial charge in [-0.1, -0.05) is 0 Å². The molecule has 2 fully saturated rings. The van der Waals surface area contributed by atoms with Crippen LogP contribution in [0.2, 0.25) is 0 Å². The summed E-state index contributed by atoms with van der Waals surface area (Å²) in [6.45, 7) is 3.10. The second kappa shape index (κ2) is 6.08. The van der Waals surface area contributed by atoms with E-state index in [4.69, 9.17) is 9.15 Å². The zero-order valence-electron chi connectivity index (χ0n) is 12.2. The van der Waals surface area contributed by atoms with Gasteiger partial charge in [0.1, 0.15) is 5.76 Å². The maximum absolute atomic E-state index is 12.3. The first-order valence-electron chi connectivity index (χ1n) is 7.50. The van der Waals surface area contributed by atoms with Gasteiger partial charge in [-0.15, -0.1) is 0 Å². The van der Waals surface area contributed by atoms with Crippen LogP contribution >= 0.6 is 0 Å². The molecule has 1 aliphatic carbocycles. The van der Waals surface area contributed by atoms with Crippen molar-refractivity contribution < 1.29 is 17.6 Å². The van der Waals surface area contributed by atoms with Gasteiger partial charge in [0, 0.05) is 18.7 Å². The average molecular weight is 314 g/mol. The lowest BCUT2D eigenvalue weighted by Gasteiger charge is -2.19. The summed E-state index contributed by atoms with van der Waals surface area (Å²) in [6.07, 6.45) is 4.19. The van der Waals surface area contributed by atoms with E-state index in [1.807, 2.05) is 6.92 Å². The molecule has 1 saturated heterocycles. The van der Waals surface area contributed by atoms with Gasteiger partial charge in [-0.3, -0.25) is 0 Å². The van der Waals surface area contributed by atoms with Gasteiger partial charge in [-0.25, -0.2) is 13.1 Å². The lowest BCUT2D eigenvalue weighted by atomic mass is 10.1. The van der Waals surface area contributed by atoms with Crippen molar-refractivity contribution in [3.8, 4) is 0 Å². The van der Waals surface area contributed by atoms with E-state index in [2.05, 4.69) is 10.0 Å². The van der Waals surface area contributed by atoms with E-state index >= 15 is 0 Å². The highest BCUT2D eigenvalue weighted by atomic mass is 32.2. The van der Waals surface area contributed by atoms with E-state index in [1.54, 1.807) is 6.07 Å². The molecule has 2 N–H and O–H groups in total. The van der Waals surface area contributed by atoms with Gasteiger partial charge in [0.25, 0.3) is 10.0 Å². The SMILES string of the molecule is CC(NS(=O)(=O)c1ccc(CNC2CC2)o1)C1CCCO1. The third kappa shape index (κ3) is 3.85. The van der Waals surface area contributed by atoms with Crippen molar-refractivity contribution in [2.24, 2.45) is 0 Å². The molecule has 1 aromatic rings. The van der Waals surface area contributed by atoms with Crippen LogP contribution in [0.3, 0.4) is 0 Å². The van der Waals surface area contributed by atoms with E-state index in [-0.39, 0.29) is 17.2 Å².